The van der Waals surface area contributed by atoms with E-state index in [0.717, 1.165) is 38.8 Å². The second-order valence-corrected chi connectivity index (χ2v) is 8.02. The van der Waals surface area contributed by atoms with Crippen molar-refractivity contribution in [3.05, 3.63) is 57.6 Å². The third kappa shape index (κ3) is 4.51. The van der Waals surface area contributed by atoms with Gasteiger partial charge in [0.15, 0.2) is 0 Å². The van der Waals surface area contributed by atoms with Gasteiger partial charge >= 0.3 is 5.97 Å². The summed E-state index contributed by atoms with van der Waals surface area (Å²) in [5, 5.41) is 13.0. The van der Waals surface area contributed by atoms with Crippen molar-refractivity contribution >= 4 is 29.3 Å². The van der Waals surface area contributed by atoms with Crippen molar-refractivity contribution in [3.8, 4) is 11.5 Å². The van der Waals surface area contributed by atoms with E-state index in [1.165, 1.54) is 0 Å². The van der Waals surface area contributed by atoms with E-state index in [0.29, 0.717) is 12.4 Å². The van der Waals surface area contributed by atoms with Crippen molar-refractivity contribution in [2.24, 2.45) is 0 Å². The minimum atomic E-state index is -0.824. The van der Waals surface area contributed by atoms with E-state index < -0.39 is 12.0 Å². The van der Waals surface area contributed by atoms with Crippen LogP contribution in [0.1, 0.15) is 27.6 Å². The molecule has 0 radical (unpaired) electrons. The van der Waals surface area contributed by atoms with Crippen LogP contribution in [0.3, 0.4) is 0 Å². The maximum absolute atomic E-state index is 11.2. The molecule has 2 N–H and O–H groups in total. The Morgan fingerprint density at radius 3 is 2.59 bits per heavy atom. The Balaban J connectivity index is 1.77. The zero-order chi connectivity index (χ0) is 19.6. The van der Waals surface area contributed by atoms with Gasteiger partial charge in [0.05, 0.1) is 12.5 Å². The molecule has 0 aromatic heterocycles. The van der Waals surface area contributed by atoms with E-state index in [1.807, 2.05) is 44.2 Å². The van der Waals surface area contributed by atoms with E-state index in [2.05, 4.69) is 5.32 Å². The Bertz CT molecular complexity index is 835. The molecule has 144 valence electrons. The van der Waals surface area contributed by atoms with Crippen molar-refractivity contribution in [2.75, 3.05) is 12.9 Å². The number of carboxylic acid groups (broad SMARTS) is 1. The van der Waals surface area contributed by atoms with E-state index in [1.54, 1.807) is 18.9 Å². The van der Waals surface area contributed by atoms with Crippen LogP contribution >= 0.6 is 23.4 Å². The van der Waals surface area contributed by atoms with Gasteiger partial charge in [-0.25, -0.2) is 0 Å². The van der Waals surface area contributed by atoms with Crippen molar-refractivity contribution in [1.82, 2.24) is 5.32 Å². The molecule has 0 unspecified atom stereocenters. The van der Waals surface area contributed by atoms with Gasteiger partial charge in [-0.05, 0) is 54.8 Å². The number of benzene rings is 2. The fourth-order valence-electron chi connectivity index (χ4n) is 3.03. The lowest BCUT2D eigenvalue weighted by atomic mass is 10.1. The lowest BCUT2D eigenvalue weighted by molar-refractivity contribution is -0.138. The Labute approximate surface area is 168 Å². The molecule has 2 aromatic rings. The predicted octanol–water partition coefficient (Wildman–Crippen LogP) is 4.33. The molecule has 1 aliphatic rings. The van der Waals surface area contributed by atoms with Gasteiger partial charge in [0, 0.05) is 16.3 Å². The molecule has 7 heteroatoms. The molecule has 2 atom stereocenters. The predicted molar refractivity (Wildman–Crippen MR) is 108 cm³/mol. The van der Waals surface area contributed by atoms with Gasteiger partial charge < -0.3 is 14.6 Å². The largest absolute Gasteiger partial charge is 0.496 e. The summed E-state index contributed by atoms with van der Waals surface area (Å²) >= 11 is 7.80. The summed E-state index contributed by atoms with van der Waals surface area (Å²) in [6.45, 7) is 4.24. The van der Waals surface area contributed by atoms with Gasteiger partial charge in [0.1, 0.15) is 24.1 Å². The summed E-state index contributed by atoms with van der Waals surface area (Å²) in [4.78, 5) is 11.2. The average molecular weight is 408 g/mol. The highest BCUT2D eigenvalue weighted by Gasteiger charge is 2.30. The van der Waals surface area contributed by atoms with Gasteiger partial charge in [-0.1, -0.05) is 17.7 Å². The first-order valence-electron chi connectivity index (χ1n) is 8.56. The number of hydrogen-bond donors (Lipinski definition) is 2. The van der Waals surface area contributed by atoms with E-state index in [-0.39, 0.29) is 5.37 Å². The van der Waals surface area contributed by atoms with E-state index in [4.69, 9.17) is 26.2 Å². The number of hydrogen-bond acceptors (Lipinski definition) is 5. The zero-order valence-electron chi connectivity index (χ0n) is 15.4. The minimum absolute atomic E-state index is 0.0595. The number of thioether (sulfide) groups is 1. The molecule has 0 aliphatic carbocycles. The van der Waals surface area contributed by atoms with Gasteiger partial charge in [-0.2, -0.15) is 0 Å². The van der Waals surface area contributed by atoms with Gasteiger partial charge in [0.25, 0.3) is 0 Å². The second kappa shape index (κ2) is 8.42. The Hall–Kier alpha value is -1.89. The number of carboxylic acids is 1. The van der Waals surface area contributed by atoms with Crippen LogP contribution in [0.25, 0.3) is 0 Å². The molecule has 1 heterocycles. The van der Waals surface area contributed by atoms with E-state index in [9.17, 15) is 4.79 Å². The lowest BCUT2D eigenvalue weighted by Gasteiger charge is -2.16. The van der Waals surface area contributed by atoms with E-state index >= 15 is 0 Å². The van der Waals surface area contributed by atoms with Crippen LogP contribution in [0.2, 0.25) is 5.02 Å². The molecule has 1 saturated heterocycles. The highest BCUT2D eigenvalue weighted by Crippen LogP contribution is 2.35. The highest BCUT2D eigenvalue weighted by molar-refractivity contribution is 7.99. The van der Waals surface area contributed by atoms with Gasteiger partial charge in [-0.3, -0.25) is 10.1 Å². The maximum atomic E-state index is 11.2. The van der Waals surface area contributed by atoms with Crippen LogP contribution < -0.4 is 14.8 Å². The van der Waals surface area contributed by atoms with Crippen LogP contribution in [0, 0.1) is 13.8 Å². The quantitative estimate of drug-likeness (QED) is 0.742. The fraction of sp³-hybridized carbons (Fsp3) is 0.350. The van der Waals surface area contributed by atoms with Gasteiger partial charge in [0.2, 0.25) is 0 Å². The summed E-state index contributed by atoms with van der Waals surface area (Å²) in [7, 11) is 1.62. The number of halogens is 1. The van der Waals surface area contributed by atoms with Crippen LogP contribution in [0.4, 0.5) is 0 Å². The summed E-state index contributed by atoms with van der Waals surface area (Å²) in [6, 6.07) is 9.15. The molecule has 2 aromatic carbocycles. The fourth-order valence-corrected chi connectivity index (χ4v) is 4.36. The molecular weight excluding hydrogens is 386 g/mol. The number of methoxy groups -OCH3 is 1. The Morgan fingerprint density at radius 1 is 1.30 bits per heavy atom. The lowest BCUT2D eigenvalue weighted by Crippen LogP contribution is -2.33. The van der Waals surface area contributed by atoms with Crippen molar-refractivity contribution < 1.29 is 19.4 Å². The monoisotopic (exact) mass is 407 g/mol. The molecule has 0 spiro atoms. The number of aryl methyl sites for hydroxylation is 2. The second-order valence-electron chi connectivity index (χ2n) is 6.50. The molecule has 1 aliphatic heterocycles. The van der Waals surface area contributed by atoms with Crippen molar-refractivity contribution in [1.29, 1.82) is 0 Å². The summed E-state index contributed by atoms with van der Waals surface area (Å²) in [6.07, 6.45) is 0. The number of rotatable bonds is 6. The Kier molecular flexibility index (Phi) is 6.19. The van der Waals surface area contributed by atoms with Crippen LogP contribution in [-0.4, -0.2) is 30.0 Å². The standard InChI is InChI=1S/C20H22ClNO4S/c1-11-6-15(7-12(2)18(11)21)26-9-14-8-13(4-5-17(14)25-3)19-22-16(10-27-19)20(23)24/h4-8,16,19,22H,9-10H2,1-3H3,(H,23,24)/t16-,19+/m0/s1. The van der Waals surface area contributed by atoms with Crippen LogP contribution in [-0.2, 0) is 11.4 Å². The van der Waals surface area contributed by atoms with Crippen molar-refractivity contribution in [3.63, 3.8) is 0 Å². The molecule has 0 amide bonds. The SMILES string of the molecule is COc1ccc([C@@H]2N[C@H](C(=O)O)CS2)cc1COc1cc(C)c(Cl)c(C)c1. The van der Waals surface area contributed by atoms with Crippen LogP contribution in [0.15, 0.2) is 30.3 Å². The summed E-state index contributed by atoms with van der Waals surface area (Å²) in [5.41, 5.74) is 3.85. The molecule has 27 heavy (non-hydrogen) atoms. The number of ether oxygens (including phenoxy) is 2. The summed E-state index contributed by atoms with van der Waals surface area (Å²) < 4.78 is 11.4. The third-order valence-electron chi connectivity index (χ3n) is 4.49. The third-order valence-corrected chi connectivity index (χ3v) is 6.36. The molecule has 3 rings (SSSR count). The van der Waals surface area contributed by atoms with Crippen LogP contribution in [0.5, 0.6) is 11.5 Å². The van der Waals surface area contributed by atoms with Crippen molar-refractivity contribution in [2.45, 2.75) is 31.9 Å². The maximum Gasteiger partial charge on any atom is 0.321 e. The molecule has 0 bridgehead atoms. The highest BCUT2D eigenvalue weighted by atomic mass is 35.5. The summed E-state index contributed by atoms with van der Waals surface area (Å²) in [5.74, 6) is 1.21. The molecule has 1 fully saturated rings. The smallest absolute Gasteiger partial charge is 0.321 e. The molecular formula is C20H22ClNO4S. The molecule has 5 nitrogen and oxygen atoms in total. The normalized spacial score (nSPS) is 19.1. The first kappa shape index (κ1) is 19.9. The first-order valence-corrected chi connectivity index (χ1v) is 9.98. The van der Waals surface area contributed by atoms with Gasteiger partial charge in [-0.15, -0.1) is 11.8 Å². The molecule has 0 saturated carbocycles. The number of nitrogens with one attached hydrogen (secondary N) is 1. The average Bonchev–Trinajstić information content (AvgIpc) is 3.14. The zero-order valence-corrected chi connectivity index (χ0v) is 17.0. The number of carbonyl (C=O) groups is 1. The first-order chi connectivity index (χ1) is 12.9. The Morgan fingerprint density at radius 2 is 2.00 bits per heavy atom. The minimum Gasteiger partial charge on any atom is -0.496 e. The topological polar surface area (TPSA) is 67.8 Å². The number of aliphatic carboxylic acids is 1.